The third-order valence-electron chi connectivity index (χ3n) is 4.01. The van der Waals surface area contributed by atoms with Crippen LogP contribution in [0.15, 0.2) is 0 Å². The molecule has 15 heavy (non-hydrogen) atoms. The average molecular weight is 212 g/mol. The fourth-order valence-electron chi connectivity index (χ4n) is 3.13. The molecule has 3 heteroatoms. The fraction of sp³-hybridized carbons (Fsp3) is 1.00. The highest BCUT2D eigenvalue weighted by molar-refractivity contribution is 4.97. The van der Waals surface area contributed by atoms with Crippen LogP contribution in [0.1, 0.15) is 51.4 Å². The molecule has 0 aromatic rings. The Morgan fingerprint density at radius 2 is 2.00 bits per heavy atom. The van der Waals surface area contributed by atoms with E-state index in [2.05, 4.69) is 5.32 Å². The first-order chi connectivity index (χ1) is 7.21. The zero-order chi connectivity index (χ0) is 10.7. The Kier molecular flexibility index (Phi) is 3.65. The molecule has 2 rings (SSSR count). The molecule has 3 nitrogen and oxygen atoms in total. The van der Waals surface area contributed by atoms with Crippen LogP contribution in [0.5, 0.6) is 0 Å². The van der Waals surface area contributed by atoms with Gasteiger partial charge >= 0.3 is 0 Å². The maximum absolute atomic E-state index is 10.6. The van der Waals surface area contributed by atoms with Crippen molar-refractivity contribution in [2.45, 2.75) is 69.1 Å². The zero-order valence-electron chi connectivity index (χ0n) is 9.54. The van der Waals surface area contributed by atoms with Crippen molar-refractivity contribution < 1.29 is 5.11 Å². The largest absolute Gasteiger partial charge is 0.388 e. The second-order valence-corrected chi connectivity index (χ2v) is 5.32. The molecular formula is C12H24N2O. The maximum Gasteiger partial charge on any atom is 0.0814 e. The lowest BCUT2D eigenvalue weighted by molar-refractivity contribution is -0.0368. The second-order valence-electron chi connectivity index (χ2n) is 5.32. The molecule has 3 atom stereocenters. The van der Waals surface area contributed by atoms with Gasteiger partial charge in [0.25, 0.3) is 0 Å². The van der Waals surface area contributed by atoms with E-state index in [1.54, 1.807) is 0 Å². The van der Waals surface area contributed by atoms with Gasteiger partial charge < -0.3 is 16.2 Å². The standard InChI is InChI=1S/C12H24N2O/c13-10-5-4-7-12(15,9-10)11-6-2-1-3-8-14-11/h10-11,14-15H,1-9,13H2. The lowest BCUT2D eigenvalue weighted by Gasteiger charge is -2.41. The maximum atomic E-state index is 10.6. The van der Waals surface area contributed by atoms with Crippen LogP contribution in [0.25, 0.3) is 0 Å². The van der Waals surface area contributed by atoms with E-state index in [-0.39, 0.29) is 12.1 Å². The summed E-state index contributed by atoms with van der Waals surface area (Å²) >= 11 is 0. The topological polar surface area (TPSA) is 58.3 Å². The van der Waals surface area contributed by atoms with Gasteiger partial charge in [-0.25, -0.2) is 0 Å². The van der Waals surface area contributed by atoms with E-state index >= 15 is 0 Å². The van der Waals surface area contributed by atoms with Crippen molar-refractivity contribution in [2.24, 2.45) is 5.73 Å². The van der Waals surface area contributed by atoms with E-state index in [9.17, 15) is 5.11 Å². The molecule has 0 aromatic carbocycles. The summed E-state index contributed by atoms with van der Waals surface area (Å²) in [4.78, 5) is 0. The minimum atomic E-state index is -0.526. The molecule has 0 aromatic heterocycles. The summed E-state index contributed by atoms with van der Waals surface area (Å²) in [7, 11) is 0. The quantitative estimate of drug-likeness (QED) is 0.611. The lowest BCUT2D eigenvalue weighted by Crippen LogP contribution is -2.55. The normalized spacial score (nSPS) is 43.6. The first-order valence-corrected chi connectivity index (χ1v) is 6.42. The van der Waals surface area contributed by atoms with Gasteiger partial charge in [-0.15, -0.1) is 0 Å². The number of hydrogen-bond donors (Lipinski definition) is 3. The highest BCUT2D eigenvalue weighted by atomic mass is 16.3. The van der Waals surface area contributed by atoms with Gasteiger partial charge in [-0.2, -0.15) is 0 Å². The lowest BCUT2D eigenvalue weighted by atomic mass is 9.76. The van der Waals surface area contributed by atoms with Gasteiger partial charge in [-0.05, 0) is 45.1 Å². The summed E-state index contributed by atoms with van der Waals surface area (Å²) < 4.78 is 0. The van der Waals surface area contributed by atoms with Crippen LogP contribution in [0.3, 0.4) is 0 Å². The van der Waals surface area contributed by atoms with Crippen LogP contribution in [0, 0.1) is 0 Å². The Morgan fingerprint density at radius 1 is 1.13 bits per heavy atom. The highest BCUT2D eigenvalue weighted by Crippen LogP contribution is 2.33. The fourth-order valence-corrected chi connectivity index (χ4v) is 3.13. The third kappa shape index (κ3) is 2.71. The molecule has 0 amide bonds. The van der Waals surface area contributed by atoms with Gasteiger partial charge in [-0.1, -0.05) is 12.8 Å². The minimum Gasteiger partial charge on any atom is -0.388 e. The molecule has 2 fully saturated rings. The molecule has 2 aliphatic rings. The van der Waals surface area contributed by atoms with Gasteiger partial charge in [0.1, 0.15) is 0 Å². The Morgan fingerprint density at radius 3 is 2.80 bits per heavy atom. The molecule has 1 saturated carbocycles. The highest BCUT2D eigenvalue weighted by Gasteiger charge is 2.39. The summed E-state index contributed by atoms with van der Waals surface area (Å²) in [5.41, 5.74) is 5.44. The molecule has 1 heterocycles. The van der Waals surface area contributed by atoms with E-state index in [4.69, 9.17) is 5.73 Å². The molecule has 3 unspecified atom stereocenters. The van der Waals surface area contributed by atoms with Crippen molar-refractivity contribution in [1.82, 2.24) is 5.32 Å². The van der Waals surface area contributed by atoms with Crippen molar-refractivity contribution in [3.05, 3.63) is 0 Å². The summed E-state index contributed by atoms with van der Waals surface area (Å²) in [5, 5.41) is 14.2. The summed E-state index contributed by atoms with van der Waals surface area (Å²) in [5.74, 6) is 0. The van der Waals surface area contributed by atoms with E-state index in [1.807, 2.05) is 0 Å². The zero-order valence-corrected chi connectivity index (χ0v) is 9.54. The van der Waals surface area contributed by atoms with Crippen molar-refractivity contribution in [3.8, 4) is 0 Å². The molecule has 0 spiro atoms. The molecule has 1 aliphatic carbocycles. The third-order valence-corrected chi connectivity index (χ3v) is 4.01. The average Bonchev–Trinajstić information content (AvgIpc) is 2.45. The molecule has 0 radical (unpaired) electrons. The Balaban J connectivity index is 1.98. The number of aliphatic hydroxyl groups is 1. The summed E-state index contributed by atoms with van der Waals surface area (Å²) in [6, 6.07) is 0.486. The molecular weight excluding hydrogens is 188 g/mol. The summed E-state index contributed by atoms with van der Waals surface area (Å²) in [6.45, 7) is 1.06. The summed E-state index contributed by atoms with van der Waals surface area (Å²) in [6.07, 6.45) is 8.77. The second kappa shape index (κ2) is 4.81. The van der Waals surface area contributed by atoms with E-state index in [0.717, 1.165) is 38.6 Å². The van der Waals surface area contributed by atoms with Crippen LogP contribution in [-0.4, -0.2) is 29.3 Å². The van der Waals surface area contributed by atoms with E-state index in [0.29, 0.717) is 0 Å². The number of rotatable bonds is 1. The van der Waals surface area contributed by atoms with Gasteiger partial charge in [0.2, 0.25) is 0 Å². The van der Waals surface area contributed by atoms with Crippen molar-refractivity contribution in [2.75, 3.05) is 6.54 Å². The van der Waals surface area contributed by atoms with Crippen LogP contribution in [0.4, 0.5) is 0 Å². The Hall–Kier alpha value is -0.120. The molecule has 4 N–H and O–H groups in total. The van der Waals surface area contributed by atoms with Crippen LogP contribution in [-0.2, 0) is 0 Å². The van der Waals surface area contributed by atoms with Crippen LogP contribution >= 0.6 is 0 Å². The van der Waals surface area contributed by atoms with Crippen molar-refractivity contribution in [3.63, 3.8) is 0 Å². The minimum absolute atomic E-state index is 0.203. The van der Waals surface area contributed by atoms with Gasteiger partial charge in [0, 0.05) is 12.1 Å². The van der Waals surface area contributed by atoms with Gasteiger partial charge in [-0.3, -0.25) is 0 Å². The Bertz CT molecular complexity index is 202. The van der Waals surface area contributed by atoms with Gasteiger partial charge in [0.15, 0.2) is 0 Å². The van der Waals surface area contributed by atoms with Crippen molar-refractivity contribution in [1.29, 1.82) is 0 Å². The van der Waals surface area contributed by atoms with E-state index in [1.165, 1.54) is 19.3 Å². The molecule has 1 aliphatic heterocycles. The predicted molar refractivity (Wildman–Crippen MR) is 61.7 cm³/mol. The smallest absolute Gasteiger partial charge is 0.0814 e. The Labute approximate surface area is 92.4 Å². The first-order valence-electron chi connectivity index (χ1n) is 6.42. The number of nitrogens with one attached hydrogen (secondary N) is 1. The van der Waals surface area contributed by atoms with Crippen LogP contribution in [0.2, 0.25) is 0 Å². The number of nitrogens with two attached hydrogens (primary N) is 1. The SMILES string of the molecule is NC1CCCC(O)(C2CCCCCN2)C1. The van der Waals surface area contributed by atoms with E-state index < -0.39 is 5.60 Å². The molecule has 88 valence electrons. The monoisotopic (exact) mass is 212 g/mol. The van der Waals surface area contributed by atoms with Crippen molar-refractivity contribution >= 4 is 0 Å². The number of hydrogen-bond acceptors (Lipinski definition) is 3. The first kappa shape index (κ1) is 11.4. The molecule has 1 saturated heterocycles. The molecule has 0 bridgehead atoms. The van der Waals surface area contributed by atoms with Crippen LogP contribution < -0.4 is 11.1 Å². The predicted octanol–water partition coefficient (Wildman–Crippen LogP) is 1.15. The van der Waals surface area contributed by atoms with Gasteiger partial charge in [0.05, 0.1) is 5.60 Å².